The topological polar surface area (TPSA) is 98.5 Å². The van der Waals surface area contributed by atoms with Gasteiger partial charge in [-0.05, 0) is 39.3 Å². The number of ether oxygens (including phenoxy) is 2. The number of carbonyl (C=O) groups is 1. The van der Waals surface area contributed by atoms with Gasteiger partial charge in [0.2, 0.25) is 5.88 Å². The van der Waals surface area contributed by atoms with Gasteiger partial charge >= 0.3 is 6.09 Å². The van der Waals surface area contributed by atoms with Crippen LogP contribution < -0.4 is 21.1 Å². The van der Waals surface area contributed by atoms with Crippen molar-refractivity contribution < 1.29 is 14.3 Å². The molecule has 4 N–H and O–H groups in total. The van der Waals surface area contributed by atoms with Crippen LogP contribution in [-0.4, -0.2) is 36.9 Å². The van der Waals surface area contributed by atoms with Crippen molar-refractivity contribution in [3.63, 3.8) is 0 Å². The SMILES string of the molecule is COc1nc(NCCCNC(=O)OC(C)(C)C)ccc1N. The molecular formula is C14H24N4O3. The maximum absolute atomic E-state index is 11.4. The zero-order valence-corrected chi connectivity index (χ0v) is 13.0. The Labute approximate surface area is 125 Å². The molecule has 0 aliphatic rings. The van der Waals surface area contributed by atoms with Gasteiger partial charge in [-0.2, -0.15) is 4.98 Å². The molecule has 0 unspecified atom stereocenters. The number of methoxy groups -OCH3 is 1. The van der Waals surface area contributed by atoms with E-state index in [2.05, 4.69) is 15.6 Å². The Balaban J connectivity index is 2.24. The number of anilines is 2. The van der Waals surface area contributed by atoms with E-state index < -0.39 is 11.7 Å². The van der Waals surface area contributed by atoms with Crippen molar-refractivity contribution in [2.24, 2.45) is 0 Å². The highest BCUT2D eigenvalue weighted by Crippen LogP contribution is 2.19. The number of alkyl carbamates (subject to hydrolysis) is 1. The first-order valence-electron chi connectivity index (χ1n) is 6.83. The molecule has 0 aromatic carbocycles. The van der Waals surface area contributed by atoms with Crippen molar-refractivity contribution >= 4 is 17.6 Å². The summed E-state index contributed by atoms with van der Waals surface area (Å²) in [5.74, 6) is 1.07. The van der Waals surface area contributed by atoms with Crippen LogP contribution >= 0.6 is 0 Å². The molecule has 7 nitrogen and oxygen atoms in total. The van der Waals surface area contributed by atoms with Crippen molar-refractivity contribution in [3.05, 3.63) is 12.1 Å². The molecule has 1 amide bonds. The van der Waals surface area contributed by atoms with Crippen LogP contribution in [0.3, 0.4) is 0 Å². The van der Waals surface area contributed by atoms with Crippen molar-refractivity contribution in [1.82, 2.24) is 10.3 Å². The minimum absolute atomic E-state index is 0.395. The summed E-state index contributed by atoms with van der Waals surface area (Å²) >= 11 is 0. The van der Waals surface area contributed by atoms with Crippen LogP contribution in [0.25, 0.3) is 0 Å². The lowest BCUT2D eigenvalue weighted by Crippen LogP contribution is -2.33. The third-order valence-corrected chi connectivity index (χ3v) is 2.41. The molecule has 0 spiro atoms. The highest BCUT2D eigenvalue weighted by molar-refractivity contribution is 5.67. The predicted octanol–water partition coefficient (Wildman–Crippen LogP) is 2.00. The maximum atomic E-state index is 11.4. The van der Waals surface area contributed by atoms with E-state index in [1.165, 1.54) is 7.11 Å². The first-order valence-corrected chi connectivity index (χ1v) is 6.83. The number of carbonyl (C=O) groups excluding carboxylic acids is 1. The molecule has 0 atom stereocenters. The second kappa shape index (κ2) is 7.56. The van der Waals surface area contributed by atoms with Gasteiger partial charge < -0.3 is 25.8 Å². The first kappa shape index (κ1) is 16.9. The van der Waals surface area contributed by atoms with Crippen LogP contribution in [-0.2, 0) is 4.74 Å². The molecule has 1 aromatic heterocycles. The maximum Gasteiger partial charge on any atom is 0.407 e. The smallest absolute Gasteiger partial charge is 0.407 e. The van der Waals surface area contributed by atoms with Crippen LogP contribution in [0, 0.1) is 0 Å². The molecule has 0 aliphatic carbocycles. The average molecular weight is 296 g/mol. The van der Waals surface area contributed by atoms with Gasteiger partial charge in [0, 0.05) is 13.1 Å². The Morgan fingerprint density at radius 1 is 1.33 bits per heavy atom. The normalized spacial score (nSPS) is 10.9. The standard InChI is InChI=1S/C14H24N4O3/c1-14(2,3)21-13(19)17-9-5-8-16-11-7-6-10(15)12(18-11)20-4/h6-7H,5,8-9,15H2,1-4H3,(H,16,18)(H,17,19). The van der Waals surface area contributed by atoms with Crippen LogP contribution in [0.1, 0.15) is 27.2 Å². The highest BCUT2D eigenvalue weighted by Gasteiger charge is 2.15. The van der Waals surface area contributed by atoms with E-state index in [1.54, 1.807) is 12.1 Å². The molecule has 1 rings (SSSR count). The van der Waals surface area contributed by atoms with E-state index >= 15 is 0 Å². The van der Waals surface area contributed by atoms with E-state index in [-0.39, 0.29) is 0 Å². The molecule has 1 aromatic rings. The van der Waals surface area contributed by atoms with Crippen LogP contribution in [0.4, 0.5) is 16.3 Å². The number of nitrogens with zero attached hydrogens (tertiary/aromatic N) is 1. The van der Waals surface area contributed by atoms with E-state index in [4.69, 9.17) is 15.2 Å². The zero-order chi connectivity index (χ0) is 15.9. The summed E-state index contributed by atoms with van der Waals surface area (Å²) in [5, 5.41) is 5.82. The number of aromatic nitrogens is 1. The van der Waals surface area contributed by atoms with Gasteiger partial charge in [-0.15, -0.1) is 0 Å². The quantitative estimate of drug-likeness (QED) is 0.694. The second-order valence-electron chi connectivity index (χ2n) is 5.50. The third kappa shape index (κ3) is 6.69. The second-order valence-corrected chi connectivity index (χ2v) is 5.50. The van der Waals surface area contributed by atoms with Gasteiger partial charge in [0.25, 0.3) is 0 Å². The predicted molar refractivity (Wildman–Crippen MR) is 82.5 cm³/mol. The molecule has 0 fully saturated rings. The molecule has 0 aliphatic heterocycles. The summed E-state index contributed by atoms with van der Waals surface area (Å²) in [6, 6.07) is 3.51. The fourth-order valence-corrected chi connectivity index (χ4v) is 1.52. The third-order valence-electron chi connectivity index (χ3n) is 2.41. The largest absolute Gasteiger partial charge is 0.479 e. The number of nitrogens with two attached hydrogens (primary N) is 1. The molecule has 21 heavy (non-hydrogen) atoms. The molecule has 0 bridgehead atoms. The van der Waals surface area contributed by atoms with E-state index in [0.717, 1.165) is 6.42 Å². The minimum atomic E-state index is -0.479. The summed E-state index contributed by atoms with van der Waals surface area (Å²) in [5.41, 5.74) is 5.70. The summed E-state index contributed by atoms with van der Waals surface area (Å²) in [6.07, 6.45) is 0.336. The number of nitrogens with one attached hydrogen (secondary N) is 2. The lowest BCUT2D eigenvalue weighted by atomic mass is 10.2. The number of pyridine rings is 1. The van der Waals surface area contributed by atoms with E-state index in [1.807, 2.05) is 20.8 Å². The zero-order valence-electron chi connectivity index (χ0n) is 13.0. The van der Waals surface area contributed by atoms with Crippen molar-refractivity contribution in [2.45, 2.75) is 32.8 Å². The monoisotopic (exact) mass is 296 g/mol. The molecule has 0 radical (unpaired) electrons. The Bertz CT molecular complexity index is 472. The highest BCUT2D eigenvalue weighted by atomic mass is 16.6. The summed E-state index contributed by atoms with van der Waals surface area (Å²) < 4.78 is 10.2. The van der Waals surface area contributed by atoms with Gasteiger partial charge in [-0.25, -0.2) is 4.79 Å². The minimum Gasteiger partial charge on any atom is -0.479 e. The fourth-order valence-electron chi connectivity index (χ4n) is 1.52. The average Bonchev–Trinajstić information content (AvgIpc) is 2.38. The fraction of sp³-hybridized carbons (Fsp3) is 0.571. The van der Waals surface area contributed by atoms with Crippen molar-refractivity contribution in [2.75, 3.05) is 31.2 Å². The van der Waals surface area contributed by atoms with Crippen LogP contribution in [0.5, 0.6) is 5.88 Å². The number of nitrogen functional groups attached to an aromatic ring is 1. The van der Waals surface area contributed by atoms with Gasteiger partial charge in [-0.3, -0.25) is 0 Å². The summed E-state index contributed by atoms with van der Waals surface area (Å²) in [7, 11) is 1.52. The van der Waals surface area contributed by atoms with Crippen LogP contribution in [0.2, 0.25) is 0 Å². The van der Waals surface area contributed by atoms with Gasteiger partial charge in [0.15, 0.2) is 0 Å². The first-order chi connectivity index (χ1) is 9.81. The van der Waals surface area contributed by atoms with Crippen LogP contribution in [0.15, 0.2) is 12.1 Å². The molecular weight excluding hydrogens is 272 g/mol. The van der Waals surface area contributed by atoms with Gasteiger partial charge in [0.1, 0.15) is 11.4 Å². The Morgan fingerprint density at radius 2 is 2.05 bits per heavy atom. The Hall–Kier alpha value is -2.18. The Kier molecular flexibility index (Phi) is 6.08. The molecule has 118 valence electrons. The molecule has 7 heteroatoms. The lowest BCUT2D eigenvalue weighted by molar-refractivity contribution is 0.0528. The number of amides is 1. The van der Waals surface area contributed by atoms with E-state index in [0.29, 0.717) is 30.5 Å². The van der Waals surface area contributed by atoms with Gasteiger partial charge in [-0.1, -0.05) is 0 Å². The van der Waals surface area contributed by atoms with Crippen molar-refractivity contribution in [3.8, 4) is 5.88 Å². The summed E-state index contributed by atoms with van der Waals surface area (Å²) in [4.78, 5) is 15.6. The molecule has 0 saturated heterocycles. The molecule has 0 saturated carbocycles. The summed E-state index contributed by atoms with van der Waals surface area (Å²) in [6.45, 7) is 6.67. The lowest BCUT2D eigenvalue weighted by Gasteiger charge is -2.19. The Morgan fingerprint density at radius 3 is 2.67 bits per heavy atom. The number of rotatable bonds is 6. The van der Waals surface area contributed by atoms with Crippen molar-refractivity contribution in [1.29, 1.82) is 0 Å². The number of hydrogen-bond donors (Lipinski definition) is 3. The number of hydrogen-bond acceptors (Lipinski definition) is 6. The molecule has 1 heterocycles. The van der Waals surface area contributed by atoms with Gasteiger partial charge in [0.05, 0.1) is 12.8 Å². The van der Waals surface area contributed by atoms with E-state index in [9.17, 15) is 4.79 Å².